The molecule has 0 saturated heterocycles. The average Bonchev–Trinajstić information content (AvgIpc) is 2.54. The molecule has 1 aromatic carbocycles. The van der Waals surface area contributed by atoms with Crippen LogP contribution in [0.5, 0.6) is 11.5 Å². The smallest absolute Gasteiger partial charge is 0.293 e. The summed E-state index contributed by atoms with van der Waals surface area (Å²) in [7, 11) is 0. The predicted octanol–water partition coefficient (Wildman–Crippen LogP) is 2.13. The molecule has 0 saturated carbocycles. The molecule has 2 N–H and O–H groups in total. The summed E-state index contributed by atoms with van der Waals surface area (Å²) in [6, 6.07) is 11.2. The van der Waals surface area contributed by atoms with Crippen LogP contribution in [0, 0.1) is 6.92 Å². The van der Waals surface area contributed by atoms with Crippen molar-refractivity contribution in [3.05, 3.63) is 58.5 Å². The molecule has 1 atom stereocenters. The SMILES string of the molecule is Cc1ccc(OCCOc2cccn(C(C)CN)c2=O)cc1. The van der Waals surface area contributed by atoms with Gasteiger partial charge in [0.2, 0.25) is 0 Å². The van der Waals surface area contributed by atoms with E-state index < -0.39 is 0 Å². The molecule has 2 rings (SSSR count). The summed E-state index contributed by atoms with van der Waals surface area (Å²) < 4.78 is 12.7. The Bertz CT molecular complexity index is 650. The molecule has 5 nitrogen and oxygen atoms in total. The molecule has 0 radical (unpaired) electrons. The number of hydrogen-bond donors (Lipinski definition) is 1. The van der Waals surface area contributed by atoms with Crippen LogP contribution >= 0.6 is 0 Å². The van der Waals surface area contributed by atoms with Crippen LogP contribution in [0.1, 0.15) is 18.5 Å². The van der Waals surface area contributed by atoms with E-state index in [9.17, 15) is 4.79 Å². The Morgan fingerprint density at radius 1 is 1.14 bits per heavy atom. The lowest BCUT2D eigenvalue weighted by atomic mass is 10.2. The first-order valence-corrected chi connectivity index (χ1v) is 7.35. The van der Waals surface area contributed by atoms with E-state index in [2.05, 4.69) is 0 Å². The van der Waals surface area contributed by atoms with Gasteiger partial charge < -0.3 is 19.8 Å². The van der Waals surface area contributed by atoms with Gasteiger partial charge in [-0.1, -0.05) is 17.7 Å². The lowest BCUT2D eigenvalue weighted by Gasteiger charge is -2.14. The molecule has 1 heterocycles. The third kappa shape index (κ3) is 4.11. The second kappa shape index (κ2) is 7.66. The second-order valence-corrected chi connectivity index (χ2v) is 5.18. The molecule has 0 fully saturated rings. The first-order chi connectivity index (χ1) is 10.6. The number of nitrogens with zero attached hydrogens (tertiary/aromatic N) is 1. The van der Waals surface area contributed by atoms with Crippen molar-refractivity contribution in [2.45, 2.75) is 19.9 Å². The standard InChI is InChI=1S/C17H22N2O3/c1-13-5-7-15(8-6-13)21-10-11-22-16-4-3-9-19(17(16)20)14(2)12-18/h3-9,14H,10-12,18H2,1-2H3. The highest BCUT2D eigenvalue weighted by atomic mass is 16.5. The molecule has 1 aromatic heterocycles. The highest BCUT2D eigenvalue weighted by molar-refractivity contribution is 5.26. The lowest BCUT2D eigenvalue weighted by molar-refractivity contribution is 0.214. The van der Waals surface area contributed by atoms with Crippen molar-refractivity contribution in [1.29, 1.82) is 0 Å². The quantitative estimate of drug-likeness (QED) is 0.796. The molecule has 1 unspecified atom stereocenters. The van der Waals surface area contributed by atoms with Crippen molar-refractivity contribution in [2.24, 2.45) is 5.73 Å². The number of nitrogens with two attached hydrogens (primary N) is 1. The lowest BCUT2D eigenvalue weighted by Crippen LogP contribution is -2.28. The molecule has 22 heavy (non-hydrogen) atoms. The van der Waals surface area contributed by atoms with E-state index in [1.807, 2.05) is 38.1 Å². The molecular formula is C17H22N2O3. The summed E-state index contributed by atoms with van der Waals surface area (Å²) in [5.41, 5.74) is 6.61. The fraction of sp³-hybridized carbons (Fsp3) is 0.353. The number of pyridine rings is 1. The molecular weight excluding hydrogens is 280 g/mol. The third-order valence-electron chi connectivity index (χ3n) is 3.39. The first kappa shape index (κ1) is 16.1. The molecule has 2 aromatic rings. The van der Waals surface area contributed by atoms with Gasteiger partial charge in [0.05, 0.1) is 0 Å². The van der Waals surface area contributed by atoms with Crippen LogP contribution in [0.2, 0.25) is 0 Å². The summed E-state index contributed by atoms with van der Waals surface area (Å²) in [5, 5.41) is 0. The minimum Gasteiger partial charge on any atom is -0.490 e. The van der Waals surface area contributed by atoms with Crippen LogP contribution in [-0.2, 0) is 0 Å². The highest BCUT2D eigenvalue weighted by Crippen LogP contribution is 2.11. The Hall–Kier alpha value is -2.27. The van der Waals surface area contributed by atoms with Gasteiger partial charge >= 0.3 is 0 Å². The van der Waals surface area contributed by atoms with E-state index >= 15 is 0 Å². The predicted molar refractivity (Wildman–Crippen MR) is 86.6 cm³/mol. The van der Waals surface area contributed by atoms with Crippen molar-refractivity contribution in [1.82, 2.24) is 4.57 Å². The molecule has 5 heteroatoms. The first-order valence-electron chi connectivity index (χ1n) is 7.35. The molecule has 118 valence electrons. The van der Waals surface area contributed by atoms with Crippen LogP contribution < -0.4 is 20.8 Å². The summed E-state index contributed by atoms with van der Waals surface area (Å²) >= 11 is 0. The van der Waals surface area contributed by atoms with Gasteiger partial charge in [-0.25, -0.2) is 0 Å². The van der Waals surface area contributed by atoms with Crippen LogP contribution in [0.15, 0.2) is 47.4 Å². The maximum Gasteiger partial charge on any atom is 0.293 e. The normalized spacial score (nSPS) is 12.0. The van der Waals surface area contributed by atoms with Gasteiger partial charge in [0.1, 0.15) is 19.0 Å². The van der Waals surface area contributed by atoms with Gasteiger partial charge in [-0.15, -0.1) is 0 Å². The Morgan fingerprint density at radius 2 is 1.82 bits per heavy atom. The topological polar surface area (TPSA) is 66.5 Å². The molecule has 0 amide bonds. The molecule has 0 bridgehead atoms. The van der Waals surface area contributed by atoms with Crippen LogP contribution in [0.4, 0.5) is 0 Å². The van der Waals surface area contributed by atoms with E-state index in [4.69, 9.17) is 15.2 Å². The number of aryl methyl sites for hydroxylation is 1. The Kier molecular flexibility index (Phi) is 5.61. The van der Waals surface area contributed by atoms with Crippen molar-refractivity contribution >= 4 is 0 Å². The van der Waals surface area contributed by atoms with Crippen LogP contribution in [0.3, 0.4) is 0 Å². The fourth-order valence-corrected chi connectivity index (χ4v) is 2.01. The van der Waals surface area contributed by atoms with Crippen molar-refractivity contribution in [3.8, 4) is 11.5 Å². The number of benzene rings is 1. The minimum absolute atomic E-state index is 0.0557. The summed E-state index contributed by atoms with van der Waals surface area (Å²) in [6.07, 6.45) is 1.72. The van der Waals surface area contributed by atoms with Gasteiger partial charge in [-0.3, -0.25) is 4.79 Å². The van der Waals surface area contributed by atoms with E-state index in [0.29, 0.717) is 25.5 Å². The Labute approximate surface area is 130 Å². The molecule has 0 aliphatic rings. The summed E-state index contributed by atoms with van der Waals surface area (Å²) in [6.45, 7) is 5.01. The van der Waals surface area contributed by atoms with E-state index in [1.54, 1.807) is 22.9 Å². The van der Waals surface area contributed by atoms with E-state index in [0.717, 1.165) is 5.75 Å². The highest BCUT2D eigenvalue weighted by Gasteiger charge is 2.08. The molecule has 0 spiro atoms. The maximum atomic E-state index is 12.2. The van der Waals surface area contributed by atoms with Gasteiger partial charge in [-0.05, 0) is 38.1 Å². The summed E-state index contributed by atoms with van der Waals surface area (Å²) in [5.74, 6) is 1.10. The zero-order chi connectivity index (χ0) is 15.9. The van der Waals surface area contributed by atoms with Gasteiger partial charge in [0.15, 0.2) is 5.75 Å². The van der Waals surface area contributed by atoms with Crippen molar-refractivity contribution in [3.63, 3.8) is 0 Å². The van der Waals surface area contributed by atoms with Gasteiger partial charge in [0, 0.05) is 18.8 Å². The van der Waals surface area contributed by atoms with E-state index in [1.165, 1.54) is 5.56 Å². The van der Waals surface area contributed by atoms with Crippen LogP contribution in [0.25, 0.3) is 0 Å². The summed E-state index contributed by atoms with van der Waals surface area (Å²) in [4.78, 5) is 12.2. The number of hydrogen-bond acceptors (Lipinski definition) is 4. The maximum absolute atomic E-state index is 12.2. The van der Waals surface area contributed by atoms with Crippen LogP contribution in [-0.4, -0.2) is 24.3 Å². The zero-order valence-electron chi connectivity index (χ0n) is 13.0. The van der Waals surface area contributed by atoms with Gasteiger partial charge in [0.25, 0.3) is 5.56 Å². The van der Waals surface area contributed by atoms with Gasteiger partial charge in [-0.2, -0.15) is 0 Å². The Balaban J connectivity index is 1.89. The Morgan fingerprint density at radius 3 is 2.50 bits per heavy atom. The molecule has 0 aliphatic heterocycles. The second-order valence-electron chi connectivity index (χ2n) is 5.18. The largest absolute Gasteiger partial charge is 0.490 e. The zero-order valence-corrected chi connectivity index (χ0v) is 13.0. The number of ether oxygens (including phenoxy) is 2. The van der Waals surface area contributed by atoms with Crippen molar-refractivity contribution < 1.29 is 9.47 Å². The number of aromatic nitrogens is 1. The fourth-order valence-electron chi connectivity index (χ4n) is 2.01. The number of rotatable bonds is 7. The van der Waals surface area contributed by atoms with E-state index in [-0.39, 0.29) is 11.6 Å². The molecule has 0 aliphatic carbocycles. The third-order valence-corrected chi connectivity index (χ3v) is 3.39. The average molecular weight is 302 g/mol. The minimum atomic E-state index is -0.171. The van der Waals surface area contributed by atoms with Crippen molar-refractivity contribution in [2.75, 3.05) is 19.8 Å². The monoisotopic (exact) mass is 302 g/mol.